The zero-order valence-electron chi connectivity index (χ0n) is 12.6. The fourth-order valence-corrected chi connectivity index (χ4v) is 5.24. The summed E-state index contributed by atoms with van der Waals surface area (Å²) in [7, 11) is -2.99. The van der Waals surface area contributed by atoms with Crippen molar-refractivity contribution in [1.82, 2.24) is 4.90 Å². The zero-order chi connectivity index (χ0) is 14.7. The molecule has 6 heteroatoms. The summed E-state index contributed by atoms with van der Waals surface area (Å²) in [6.07, 6.45) is 0.851. The topological polar surface area (TPSA) is 63.4 Å². The molecule has 19 heavy (non-hydrogen) atoms. The molecular weight excluding hydrogens is 280 g/mol. The van der Waals surface area contributed by atoms with Gasteiger partial charge in [0.25, 0.3) is 0 Å². The van der Waals surface area contributed by atoms with Gasteiger partial charge in [-0.25, -0.2) is 8.42 Å². The summed E-state index contributed by atoms with van der Waals surface area (Å²) in [6.45, 7) is 9.75. The molecule has 4 nitrogen and oxygen atoms in total. The molecule has 0 radical (unpaired) electrons. The van der Waals surface area contributed by atoms with Crippen molar-refractivity contribution in [1.29, 1.82) is 0 Å². The average molecular weight is 309 g/mol. The zero-order valence-corrected chi connectivity index (χ0v) is 14.2. The first-order valence-electron chi connectivity index (χ1n) is 6.97. The summed E-state index contributed by atoms with van der Waals surface area (Å²) >= 11 is 1.74. The normalized spacial score (nSPS) is 24.4. The van der Waals surface area contributed by atoms with Crippen LogP contribution in [-0.4, -0.2) is 55.1 Å². The molecule has 1 aliphatic rings. The summed E-state index contributed by atoms with van der Waals surface area (Å²) < 4.78 is 24.2. The number of nitrogens with two attached hydrogens (primary N) is 1. The van der Waals surface area contributed by atoms with Gasteiger partial charge in [-0.3, -0.25) is 4.90 Å². The average Bonchev–Trinajstić information content (AvgIpc) is 2.35. The van der Waals surface area contributed by atoms with Gasteiger partial charge in [-0.05, 0) is 11.8 Å². The molecule has 1 saturated heterocycles. The predicted molar refractivity (Wildman–Crippen MR) is 84.2 cm³/mol. The van der Waals surface area contributed by atoms with Gasteiger partial charge in [0.05, 0.1) is 0 Å². The van der Waals surface area contributed by atoms with Gasteiger partial charge in [0.2, 0.25) is 0 Å². The van der Waals surface area contributed by atoms with Gasteiger partial charge in [0.1, 0.15) is 5.37 Å². The summed E-state index contributed by atoms with van der Waals surface area (Å²) in [5.41, 5.74) is 6.25. The van der Waals surface area contributed by atoms with Crippen molar-refractivity contribution in [2.75, 3.05) is 30.3 Å². The molecule has 0 aromatic carbocycles. The van der Waals surface area contributed by atoms with Crippen LogP contribution in [0, 0.1) is 5.41 Å². The van der Waals surface area contributed by atoms with E-state index in [1.54, 1.807) is 18.7 Å². The molecule has 0 aliphatic carbocycles. The summed E-state index contributed by atoms with van der Waals surface area (Å²) in [4.78, 5) is 2.11. The van der Waals surface area contributed by atoms with Crippen LogP contribution in [0.2, 0.25) is 0 Å². The largest absolute Gasteiger partial charge is 0.327 e. The highest BCUT2D eigenvalue weighted by atomic mass is 32.2. The van der Waals surface area contributed by atoms with Gasteiger partial charge < -0.3 is 5.73 Å². The van der Waals surface area contributed by atoms with E-state index in [4.69, 9.17) is 5.73 Å². The summed E-state index contributed by atoms with van der Waals surface area (Å²) in [5, 5.41) is -0.316. The van der Waals surface area contributed by atoms with E-state index >= 15 is 0 Å². The molecule has 1 rings (SSSR count). The van der Waals surface area contributed by atoms with Crippen LogP contribution in [0.25, 0.3) is 0 Å². The Morgan fingerprint density at radius 1 is 1.42 bits per heavy atom. The Morgan fingerprint density at radius 3 is 2.58 bits per heavy atom. The highest BCUT2D eigenvalue weighted by molar-refractivity contribution is 8.01. The monoisotopic (exact) mass is 308 g/mol. The molecule has 1 heterocycles. The van der Waals surface area contributed by atoms with Crippen LogP contribution in [0.1, 0.15) is 34.1 Å². The van der Waals surface area contributed by atoms with Crippen LogP contribution in [0.15, 0.2) is 0 Å². The third kappa shape index (κ3) is 4.92. The maximum atomic E-state index is 12.1. The van der Waals surface area contributed by atoms with E-state index in [9.17, 15) is 8.42 Å². The van der Waals surface area contributed by atoms with Gasteiger partial charge in [-0.2, -0.15) is 11.8 Å². The fourth-order valence-electron chi connectivity index (χ4n) is 2.13. The van der Waals surface area contributed by atoms with Crippen molar-refractivity contribution in [3.8, 4) is 0 Å². The molecule has 2 atom stereocenters. The summed E-state index contributed by atoms with van der Waals surface area (Å²) in [6, 6.07) is 0.104. The first-order chi connectivity index (χ1) is 8.68. The van der Waals surface area contributed by atoms with E-state index in [1.807, 2.05) is 0 Å². The predicted octanol–water partition coefficient (Wildman–Crippen LogP) is 1.56. The lowest BCUT2D eigenvalue weighted by atomic mass is 9.85. The minimum Gasteiger partial charge on any atom is -0.327 e. The van der Waals surface area contributed by atoms with Crippen LogP contribution < -0.4 is 5.73 Å². The number of hydrogen-bond donors (Lipinski definition) is 1. The molecule has 0 bridgehead atoms. The Bertz CT molecular complexity index is 377. The maximum Gasteiger partial charge on any atom is 0.166 e. The molecule has 0 amide bonds. The van der Waals surface area contributed by atoms with Crippen molar-refractivity contribution >= 4 is 21.6 Å². The Hall–Kier alpha value is 0.220. The second-order valence-corrected chi connectivity index (χ2v) is 9.88. The first-order valence-corrected chi connectivity index (χ1v) is 9.84. The van der Waals surface area contributed by atoms with Crippen molar-refractivity contribution < 1.29 is 8.42 Å². The van der Waals surface area contributed by atoms with Gasteiger partial charge in [-0.15, -0.1) is 0 Å². The van der Waals surface area contributed by atoms with Crippen LogP contribution >= 0.6 is 11.8 Å². The third-order valence-electron chi connectivity index (χ3n) is 3.85. The van der Waals surface area contributed by atoms with Crippen LogP contribution in [-0.2, 0) is 9.84 Å². The molecule has 0 saturated carbocycles. The molecule has 2 N–H and O–H groups in total. The first kappa shape index (κ1) is 17.3. The minimum absolute atomic E-state index is 0.0731. The van der Waals surface area contributed by atoms with Gasteiger partial charge >= 0.3 is 0 Å². The quantitative estimate of drug-likeness (QED) is 0.835. The molecule has 2 unspecified atom stereocenters. The Balaban J connectivity index is 2.64. The number of sulfone groups is 1. The van der Waals surface area contributed by atoms with Crippen molar-refractivity contribution in [3.05, 3.63) is 0 Å². The fraction of sp³-hybridized carbons (Fsp3) is 1.00. The SMILES string of the molecule is CCS(=O)(=O)C1CSCCN1CCC(N)C(C)(C)C. The second kappa shape index (κ2) is 6.78. The van der Waals surface area contributed by atoms with E-state index in [1.165, 1.54) is 0 Å². The molecule has 114 valence electrons. The Labute approximate surface area is 122 Å². The van der Waals surface area contributed by atoms with Crippen molar-refractivity contribution in [2.45, 2.75) is 45.5 Å². The molecule has 1 aliphatic heterocycles. The van der Waals surface area contributed by atoms with Crippen LogP contribution in [0.4, 0.5) is 0 Å². The number of rotatable bonds is 5. The number of thioether (sulfide) groups is 1. The minimum atomic E-state index is -2.99. The highest BCUT2D eigenvalue weighted by Crippen LogP contribution is 2.24. The smallest absolute Gasteiger partial charge is 0.166 e. The van der Waals surface area contributed by atoms with Crippen molar-refractivity contribution in [2.24, 2.45) is 11.1 Å². The molecule has 1 fully saturated rings. The lowest BCUT2D eigenvalue weighted by Gasteiger charge is -2.36. The lowest BCUT2D eigenvalue weighted by molar-refractivity contribution is 0.225. The number of hydrogen-bond acceptors (Lipinski definition) is 5. The molecule has 0 aromatic heterocycles. The van der Waals surface area contributed by atoms with E-state index in [0.717, 1.165) is 25.3 Å². The molecule has 0 spiro atoms. The van der Waals surface area contributed by atoms with Crippen LogP contribution in [0.5, 0.6) is 0 Å². The van der Waals surface area contributed by atoms with E-state index in [0.29, 0.717) is 5.75 Å². The maximum absolute atomic E-state index is 12.1. The van der Waals surface area contributed by atoms with Crippen LogP contribution in [0.3, 0.4) is 0 Å². The summed E-state index contributed by atoms with van der Waals surface area (Å²) in [5.74, 6) is 1.93. The molecule has 0 aromatic rings. The molecular formula is C13H28N2O2S2. The standard InChI is InChI=1S/C13H28N2O2S2/c1-5-19(16,17)12-10-18-9-8-15(12)7-6-11(14)13(2,3)4/h11-12H,5-10,14H2,1-4H3. The Morgan fingerprint density at radius 2 is 2.05 bits per heavy atom. The van der Waals surface area contributed by atoms with Gasteiger partial charge in [0.15, 0.2) is 9.84 Å². The highest BCUT2D eigenvalue weighted by Gasteiger charge is 2.33. The van der Waals surface area contributed by atoms with E-state index in [-0.39, 0.29) is 22.6 Å². The van der Waals surface area contributed by atoms with Gasteiger partial charge in [0, 0.05) is 36.4 Å². The van der Waals surface area contributed by atoms with Gasteiger partial charge in [-0.1, -0.05) is 27.7 Å². The second-order valence-electron chi connectivity index (χ2n) is 6.28. The van der Waals surface area contributed by atoms with E-state index < -0.39 is 9.84 Å². The van der Waals surface area contributed by atoms with E-state index in [2.05, 4.69) is 25.7 Å². The number of nitrogens with zero attached hydrogens (tertiary/aromatic N) is 1. The lowest BCUT2D eigenvalue weighted by Crippen LogP contribution is -2.49. The van der Waals surface area contributed by atoms with Crippen molar-refractivity contribution in [3.63, 3.8) is 0 Å². The third-order valence-corrected chi connectivity index (χ3v) is 7.18. The Kier molecular flexibility index (Phi) is 6.17.